The van der Waals surface area contributed by atoms with Gasteiger partial charge in [-0.1, -0.05) is 6.08 Å². The van der Waals surface area contributed by atoms with Gasteiger partial charge >= 0.3 is 0 Å². The second-order valence-corrected chi connectivity index (χ2v) is 6.19. The topological polar surface area (TPSA) is 119 Å². The van der Waals surface area contributed by atoms with Crippen LogP contribution in [0, 0.1) is 6.92 Å². The van der Waals surface area contributed by atoms with Gasteiger partial charge in [0.25, 0.3) is 0 Å². The first-order chi connectivity index (χ1) is 13.8. The Morgan fingerprint density at radius 1 is 0.862 bits per heavy atom. The van der Waals surface area contributed by atoms with E-state index < -0.39 is 11.2 Å². The Morgan fingerprint density at radius 3 is 2.00 bits per heavy atom. The standard InChI is InChI=1S/C21H20O8/c1-10-14(6-5-11-7-12(22)9-13(23)8-11)29-18-15(16(10)24)17(25)19(26-2)21(28-4)20(18)27-3/h5-9,22-23,25H,1-4H3. The van der Waals surface area contributed by atoms with Gasteiger partial charge in [0.05, 0.1) is 21.3 Å². The van der Waals surface area contributed by atoms with Crippen LogP contribution in [0.3, 0.4) is 0 Å². The van der Waals surface area contributed by atoms with Crippen molar-refractivity contribution in [1.82, 2.24) is 0 Å². The van der Waals surface area contributed by atoms with E-state index in [4.69, 9.17) is 18.6 Å². The number of phenols is 3. The molecular formula is C21H20O8. The summed E-state index contributed by atoms with van der Waals surface area (Å²) < 4.78 is 21.7. The second-order valence-electron chi connectivity index (χ2n) is 6.19. The van der Waals surface area contributed by atoms with Crippen molar-refractivity contribution in [3.05, 3.63) is 45.3 Å². The van der Waals surface area contributed by atoms with E-state index in [2.05, 4.69) is 0 Å². The van der Waals surface area contributed by atoms with Gasteiger partial charge in [0.1, 0.15) is 22.6 Å². The lowest BCUT2D eigenvalue weighted by Gasteiger charge is -2.16. The maximum absolute atomic E-state index is 12.9. The molecule has 0 aliphatic rings. The van der Waals surface area contributed by atoms with Gasteiger partial charge in [0, 0.05) is 11.6 Å². The van der Waals surface area contributed by atoms with Gasteiger partial charge in [-0.05, 0) is 30.7 Å². The summed E-state index contributed by atoms with van der Waals surface area (Å²) in [7, 11) is 4.07. The minimum atomic E-state index is -0.471. The van der Waals surface area contributed by atoms with E-state index in [0.29, 0.717) is 5.56 Å². The number of methoxy groups -OCH3 is 3. The highest BCUT2D eigenvalue weighted by atomic mass is 16.5. The summed E-state index contributed by atoms with van der Waals surface area (Å²) in [5.74, 6) is -0.281. The smallest absolute Gasteiger partial charge is 0.211 e. The van der Waals surface area contributed by atoms with Crippen molar-refractivity contribution in [2.75, 3.05) is 21.3 Å². The van der Waals surface area contributed by atoms with E-state index in [1.54, 1.807) is 13.0 Å². The normalized spacial score (nSPS) is 11.2. The lowest BCUT2D eigenvalue weighted by Crippen LogP contribution is -2.09. The molecule has 1 aromatic heterocycles. The first kappa shape index (κ1) is 19.9. The molecule has 152 valence electrons. The van der Waals surface area contributed by atoms with E-state index in [9.17, 15) is 20.1 Å². The van der Waals surface area contributed by atoms with Gasteiger partial charge < -0.3 is 33.9 Å². The third kappa shape index (κ3) is 3.40. The van der Waals surface area contributed by atoms with Gasteiger partial charge in [-0.2, -0.15) is 0 Å². The van der Waals surface area contributed by atoms with Crippen molar-refractivity contribution < 1.29 is 33.9 Å². The van der Waals surface area contributed by atoms with Crippen LogP contribution < -0.4 is 19.6 Å². The van der Waals surface area contributed by atoms with E-state index in [0.717, 1.165) is 0 Å². The Kier molecular flexibility index (Phi) is 5.27. The van der Waals surface area contributed by atoms with E-state index in [1.165, 1.54) is 45.6 Å². The molecule has 8 heteroatoms. The van der Waals surface area contributed by atoms with Crippen LogP contribution in [0.25, 0.3) is 23.1 Å². The molecule has 0 radical (unpaired) electrons. The molecule has 0 bridgehead atoms. The Labute approximate surface area is 165 Å². The minimum Gasteiger partial charge on any atom is -0.508 e. The molecule has 0 aliphatic carbocycles. The third-order valence-corrected chi connectivity index (χ3v) is 4.41. The van der Waals surface area contributed by atoms with Gasteiger partial charge in [-0.25, -0.2) is 0 Å². The van der Waals surface area contributed by atoms with E-state index in [1.807, 2.05) is 0 Å². The number of fused-ring (bicyclic) bond motifs is 1. The fraction of sp³-hybridized carbons (Fsp3) is 0.190. The maximum atomic E-state index is 12.9. The predicted octanol–water partition coefficient (Wildman–Crippen LogP) is 3.41. The van der Waals surface area contributed by atoms with Crippen LogP contribution in [0.4, 0.5) is 0 Å². The number of phenolic OH excluding ortho intramolecular Hbond substituents is 3. The molecule has 0 amide bonds. The average molecular weight is 400 g/mol. The second kappa shape index (κ2) is 7.67. The SMILES string of the molecule is COc1c(OC)c(O)c2c(=O)c(C)c(C=Cc3cc(O)cc(O)c3)oc2c1OC. The largest absolute Gasteiger partial charge is 0.508 e. The fourth-order valence-electron chi connectivity index (χ4n) is 3.05. The van der Waals surface area contributed by atoms with Crippen molar-refractivity contribution in [2.45, 2.75) is 6.92 Å². The molecule has 0 saturated heterocycles. The number of aromatic hydroxyl groups is 3. The molecule has 0 fully saturated rings. The van der Waals surface area contributed by atoms with Crippen molar-refractivity contribution in [3.63, 3.8) is 0 Å². The first-order valence-electron chi connectivity index (χ1n) is 8.51. The number of hydrogen-bond acceptors (Lipinski definition) is 8. The number of benzene rings is 2. The molecule has 29 heavy (non-hydrogen) atoms. The molecule has 0 spiro atoms. The Morgan fingerprint density at radius 2 is 1.45 bits per heavy atom. The average Bonchev–Trinajstić information content (AvgIpc) is 2.68. The molecule has 0 saturated carbocycles. The highest BCUT2D eigenvalue weighted by Crippen LogP contribution is 2.49. The number of rotatable bonds is 5. The molecule has 3 N–H and O–H groups in total. The zero-order valence-corrected chi connectivity index (χ0v) is 16.3. The van der Waals surface area contributed by atoms with Crippen LogP contribution >= 0.6 is 0 Å². The quantitative estimate of drug-likeness (QED) is 0.596. The van der Waals surface area contributed by atoms with Gasteiger partial charge in [-0.15, -0.1) is 0 Å². The summed E-state index contributed by atoms with van der Waals surface area (Å²) in [6.45, 7) is 1.55. The van der Waals surface area contributed by atoms with Crippen molar-refractivity contribution in [3.8, 4) is 34.5 Å². The summed E-state index contributed by atoms with van der Waals surface area (Å²) in [5, 5.41) is 29.7. The molecule has 1 heterocycles. The molecule has 2 aromatic carbocycles. The maximum Gasteiger partial charge on any atom is 0.211 e. The van der Waals surface area contributed by atoms with Gasteiger partial charge in [0.15, 0.2) is 16.8 Å². The van der Waals surface area contributed by atoms with Crippen LogP contribution in [0.1, 0.15) is 16.9 Å². The Bertz CT molecular complexity index is 1150. The molecule has 0 atom stereocenters. The summed E-state index contributed by atoms with van der Waals surface area (Å²) >= 11 is 0. The first-order valence-corrected chi connectivity index (χ1v) is 8.51. The van der Waals surface area contributed by atoms with E-state index in [-0.39, 0.29) is 51.0 Å². The van der Waals surface area contributed by atoms with Crippen LogP contribution in [-0.2, 0) is 0 Å². The van der Waals surface area contributed by atoms with Crippen LogP contribution in [0.2, 0.25) is 0 Å². The summed E-state index contributed by atoms with van der Waals surface area (Å²) in [4.78, 5) is 12.9. The molecule has 0 unspecified atom stereocenters. The Hall–Kier alpha value is -3.81. The van der Waals surface area contributed by atoms with Crippen LogP contribution in [-0.4, -0.2) is 36.6 Å². The number of ether oxygens (including phenoxy) is 3. The highest BCUT2D eigenvalue weighted by Gasteiger charge is 2.27. The lowest BCUT2D eigenvalue weighted by atomic mass is 10.1. The van der Waals surface area contributed by atoms with Crippen molar-refractivity contribution in [1.29, 1.82) is 0 Å². The monoisotopic (exact) mass is 400 g/mol. The third-order valence-electron chi connectivity index (χ3n) is 4.41. The summed E-state index contributed by atoms with van der Waals surface area (Å²) in [6, 6.07) is 4.07. The van der Waals surface area contributed by atoms with E-state index >= 15 is 0 Å². The van der Waals surface area contributed by atoms with Gasteiger partial charge in [0.2, 0.25) is 17.2 Å². The lowest BCUT2D eigenvalue weighted by molar-refractivity contribution is 0.311. The zero-order chi connectivity index (χ0) is 21.3. The number of hydrogen-bond donors (Lipinski definition) is 3. The molecular weight excluding hydrogens is 380 g/mol. The Balaban J connectivity index is 2.29. The van der Waals surface area contributed by atoms with Gasteiger partial charge in [-0.3, -0.25) is 4.79 Å². The van der Waals surface area contributed by atoms with Crippen LogP contribution in [0.15, 0.2) is 27.4 Å². The zero-order valence-electron chi connectivity index (χ0n) is 16.3. The van der Waals surface area contributed by atoms with Crippen molar-refractivity contribution >= 4 is 23.1 Å². The molecule has 3 rings (SSSR count). The highest BCUT2D eigenvalue weighted by molar-refractivity contribution is 5.95. The molecule has 8 nitrogen and oxygen atoms in total. The predicted molar refractivity (Wildman–Crippen MR) is 107 cm³/mol. The minimum absolute atomic E-state index is 0.00310. The molecule has 0 aliphatic heterocycles. The van der Waals surface area contributed by atoms with Crippen LogP contribution in [0.5, 0.6) is 34.5 Å². The summed E-state index contributed by atoms with van der Waals surface area (Å²) in [5.41, 5.74) is 0.257. The fourth-order valence-corrected chi connectivity index (χ4v) is 3.05. The molecule has 3 aromatic rings. The van der Waals surface area contributed by atoms with Crippen molar-refractivity contribution in [2.24, 2.45) is 0 Å². The summed E-state index contributed by atoms with van der Waals surface area (Å²) in [6.07, 6.45) is 3.07.